The molecule has 0 aromatic carbocycles. The van der Waals surface area contributed by atoms with Gasteiger partial charge in [0, 0.05) is 6.54 Å². The number of hydrogen-bond donors (Lipinski definition) is 1. The van der Waals surface area contributed by atoms with Crippen LogP contribution < -0.4 is 5.32 Å². The predicted molar refractivity (Wildman–Crippen MR) is 74.9 cm³/mol. The molecule has 0 heterocycles. The fraction of sp³-hybridized carbons (Fsp3) is 1.00. The molecule has 1 unspecified atom stereocenters. The third-order valence-electron chi connectivity index (χ3n) is 3.99. The molecule has 0 rings (SSSR count). The first-order valence-corrected chi connectivity index (χ1v) is 7.34. The van der Waals surface area contributed by atoms with Gasteiger partial charge in [-0.15, -0.1) is 0 Å². The molecule has 1 atom stereocenters. The zero-order valence-electron chi connectivity index (χ0n) is 12.2. The molecule has 0 aromatic heterocycles. The average molecular weight is 227 g/mol. The van der Waals surface area contributed by atoms with Gasteiger partial charge in [0.05, 0.1) is 0 Å². The molecule has 0 spiro atoms. The van der Waals surface area contributed by atoms with Gasteiger partial charge in [0.15, 0.2) is 0 Å². The first kappa shape index (κ1) is 16.0. The lowest BCUT2D eigenvalue weighted by atomic mass is 9.74. The van der Waals surface area contributed by atoms with Crippen LogP contribution >= 0.6 is 0 Å². The van der Waals surface area contributed by atoms with Crippen molar-refractivity contribution < 1.29 is 0 Å². The lowest BCUT2D eigenvalue weighted by Gasteiger charge is -2.34. The summed E-state index contributed by atoms with van der Waals surface area (Å²) in [5.74, 6) is 0.883. The van der Waals surface area contributed by atoms with Crippen molar-refractivity contribution in [3.63, 3.8) is 0 Å². The minimum absolute atomic E-state index is 0.545. The maximum absolute atomic E-state index is 3.63. The quantitative estimate of drug-likeness (QED) is 0.537. The van der Waals surface area contributed by atoms with Crippen LogP contribution in [0.1, 0.15) is 73.1 Å². The van der Waals surface area contributed by atoms with Crippen molar-refractivity contribution in [2.45, 2.75) is 73.1 Å². The van der Waals surface area contributed by atoms with Crippen LogP contribution in [0, 0.1) is 11.3 Å². The van der Waals surface area contributed by atoms with Crippen molar-refractivity contribution in [1.29, 1.82) is 0 Å². The molecule has 0 fully saturated rings. The van der Waals surface area contributed by atoms with Gasteiger partial charge < -0.3 is 5.32 Å². The predicted octanol–water partition coefficient (Wildman–Crippen LogP) is 4.62. The molecule has 1 heteroatoms. The molecule has 0 aliphatic heterocycles. The summed E-state index contributed by atoms with van der Waals surface area (Å²) >= 11 is 0. The Balaban J connectivity index is 4.19. The highest BCUT2D eigenvalue weighted by Gasteiger charge is 2.27. The van der Waals surface area contributed by atoms with Gasteiger partial charge in [0.1, 0.15) is 0 Å². The van der Waals surface area contributed by atoms with Gasteiger partial charge in [0.2, 0.25) is 0 Å². The Morgan fingerprint density at radius 1 is 1.00 bits per heavy atom. The number of hydrogen-bond acceptors (Lipinski definition) is 1. The Hall–Kier alpha value is -0.0400. The van der Waals surface area contributed by atoms with Crippen molar-refractivity contribution in [3.05, 3.63) is 0 Å². The SMILES string of the molecule is CCCNCC(CC)(CC)CC(C)CCC. The van der Waals surface area contributed by atoms with Crippen LogP contribution in [0.15, 0.2) is 0 Å². The fourth-order valence-corrected chi connectivity index (χ4v) is 2.73. The van der Waals surface area contributed by atoms with Crippen molar-refractivity contribution in [2.75, 3.05) is 13.1 Å². The van der Waals surface area contributed by atoms with E-state index in [4.69, 9.17) is 0 Å². The molecule has 0 saturated heterocycles. The van der Waals surface area contributed by atoms with E-state index >= 15 is 0 Å². The van der Waals surface area contributed by atoms with Crippen LogP contribution in [-0.2, 0) is 0 Å². The van der Waals surface area contributed by atoms with E-state index in [-0.39, 0.29) is 0 Å². The second kappa shape index (κ2) is 9.04. The molecule has 0 aliphatic carbocycles. The summed E-state index contributed by atoms with van der Waals surface area (Å²) < 4.78 is 0. The Kier molecular flexibility index (Phi) is 9.02. The molecule has 16 heavy (non-hydrogen) atoms. The van der Waals surface area contributed by atoms with Gasteiger partial charge in [0.25, 0.3) is 0 Å². The number of rotatable bonds is 10. The van der Waals surface area contributed by atoms with Crippen LogP contribution in [0.25, 0.3) is 0 Å². The zero-order valence-corrected chi connectivity index (χ0v) is 12.2. The van der Waals surface area contributed by atoms with Crippen LogP contribution in [0.5, 0.6) is 0 Å². The molecule has 0 aromatic rings. The zero-order chi connectivity index (χ0) is 12.4. The van der Waals surface area contributed by atoms with E-state index in [1.165, 1.54) is 51.6 Å². The molecule has 0 aliphatic rings. The minimum Gasteiger partial charge on any atom is -0.316 e. The molecule has 1 nitrogen and oxygen atoms in total. The van der Waals surface area contributed by atoms with Crippen LogP contribution in [-0.4, -0.2) is 13.1 Å². The number of nitrogens with one attached hydrogen (secondary N) is 1. The molecule has 98 valence electrons. The highest BCUT2D eigenvalue weighted by Crippen LogP contribution is 2.34. The largest absolute Gasteiger partial charge is 0.316 e. The molecular formula is C15H33N. The first-order chi connectivity index (χ1) is 7.64. The highest BCUT2D eigenvalue weighted by atomic mass is 14.9. The molecule has 1 N–H and O–H groups in total. The topological polar surface area (TPSA) is 12.0 Å². The van der Waals surface area contributed by atoms with E-state index in [1.54, 1.807) is 0 Å². The van der Waals surface area contributed by atoms with Crippen LogP contribution in [0.4, 0.5) is 0 Å². The van der Waals surface area contributed by atoms with Gasteiger partial charge in [-0.1, -0.05) is 47.5 Å². The molecular weight excluding hydrogens is 194 g/mol. The van der Waals surface area contributed by atoms with Crippen LogP contribution in [0.3, 0.4) is 0 Å². The lowest BCUT2D eigenvalue weighted by Crippen LogP contribution is -2.35. The maximum atomic E-state index is 3.63. The van der Waals surface area contributed by atoms with E-state index in [2.05, 4.69) is 39.9 Å². The first-order valence-electron chi connectivity index (χ1n) is 7.34. The molecule has 0 saturated carbocycles. The summed E-state index contributed by atoms with van der Waals surface area (Å²) in [5.41, 5.74) is 0.545. The van der Waals surface area contributed by atoms with E-state index in [0.29, 0.717) is 5.41 Å². The van der Waals surface area contributed by atoms with Gasteiger partial charge in [-0.3, -0.25) is 0 Å². The lowest BCUT2D eigenvalue weighted by molar-refractivity contribution is 0.188. The van der Waals surface area contributed by atoms with Crippen LogP contribution in [0.2, 0.25) is 0 Å². The summed E-state index contributed by atoms with van der Waals surface area (Å²) in [4.78, 5) is 0. The van der Waals surface area contributed by atoms with E-state index in [0.717, 1.165) is 5.92 Å². The van der Waals surface area contributed by atoms with Crippen molar-refractivity contribution >= 4 is 0 Å². The summed E-state index contributed by atoms with van der Waals surface area (Å²) in [6, 6.07) is 0. The van der Waals surface area contributed by atoms with Gasteiger partial charge >= 0.3 is 0 Å². The normalized spacial score (nSPS) is 14.1. The van der Waals surface area contributed by atoms with Crippen molar-refractivity contribution in [3.8, 4) is 0 Å². The Bertz CT molecular complexity index is 150. The molecule has 0 amide bonds. The molecule has 0 bridgehead atoms. The maximum Gasteiger partial charge on any atom is 0.000770 e. The Morgan fingerprint density at radius 2 is 1.62 bits per heavy atom. The second-order valence-electron chi connectivity index (χ2n) is 5.48. The van der Waals surface area contributed by atoms with Crippen molar-refractivity contribution in [1.82, 2.24) is 5.32 Å². The third-order valence-corrected chi connectivity index (χ3v) is 3.99. The van der Waals surface area contributed by atoms with E-state index in [1.807, 2.05) is 0 Å². The van der Waals surface area contributed by atoms with E-state index < -0.39 is 0 Å². The van der Waals surface area contributed by atoms with Gasteiger partial charge in [-0.2, -0.15) is 0 Å². The monoisotopic (exact) mass is 227 g/mol. The summed E-state index contributed by atoms with van der Waals surface area (Å²) in [6.45, 7) is 14.1. The fourth-order valence-electron chi connectivity index (χ4n) is 2.73. The summed E-state index contributed by atoms with van der Waals surface area (Å²) in [5, 5.41) is 3.63. The molecule has 0 radical (unpaired) electrons. The standard InChI is InChI=1S/C15H33N/c1-6-10-14(5)12-15(8-3,9-4)13-16-11-7-2/h14,16H,6-13H2,1-5H3. The van der Waals surface area contributed by atoms with Gasteiger partial charge in [-0.25, -0.2) is 0 Å². The third kappa shape index (κ3) is 5.89. The highest BCUT2D eigenvalue weighted by molar-refractivity contribution is 4.81. The summed E-state index contributed by atoms with van der Waals surface area (Å²) in [7, 11) is 0. The Morgan fingerprint density at radius 3 is 2.06 bits per heavy atom. The average Bonchev–Trinajstić information content (AvgIpc) is 2.28. The minimum atomic E-state index is 0.545. The van der Waals surface area contributed by atoms with E-state index in [9.17, 15) is 0 Å². The smallest absolute Gasteiger partial charge is 0.000770 e. The second-order valence-corrected chi connectivity index (χ2v) is 5.48. The van der Waals surface area contributed by atoms with Crippen molar-refractivity contribution in [2.24, 2.45) is 11.3 Å². The van der Waals surface area contributed by atoms with Gasteiger partial charge in [-0.05, 0) is 43.6 Å². The summed E-state index contributed by atoms with van der Waals surface area (Å²) in [6.07, 6.45) is 7.98. The Labute approximate surface area is 103 Å².